The minimum absolute atomic E-state index is 0.277. The Morgan fingerprint density at radius 2 is 2.50 bits per heavy atom. The second kappa shape index (κ2) is 3.69. The molecule has 36 valence electrons. The third-order valence-corrected chi connectivity index (χ3v) is 1.81. The molecule has 0 spiro atoms. The highest BCUT2D eigenvalue weighted by molar-refractivity contribution is 9.09. The number of hydrogen-bond acceptors (Lipinski definition) is 0. The van der Waals surface area contributed by atoms with Crippen molar-refractivity contribution >= 4 is 27.5 Å². The smallest absolute Gasteiger partial charge is 0.0458 e. The zero-order valence-electron chi connectivity index (χ0n) is 3.32. The summed E-state index contributed by atoms with van der Waals surface area (Å²) in [5.74, 6) is 0.601. The topological polar surface area (TPSA) is 0 Å². The van der Waals surface area contributed by atoms with Gasteiger partial charge in [-0.15, -0.1) is 18.2 Å². The van der Waals surface area contributed by atoms with Gasteiger partial charge in [0.1, 0.15) is 0 Å². The van der Waals surface area contributed by atoms with Gasteiger partial charge < -0.3 is 0 Å². The van der Waals surface area contributed by atoms with Gasteiger partial charge in [-0.2, -0.15) is 0 Å². The van der Waals surface area contributed by atoms with Crippen molar-refractivity contribution < 1.29 is 0 Å². The third-order valence-electron chi connectivity index (χ3n) is 0.403. The van der Waals surface area contributed by atoms with Gasteiger partial charge in [0.05, 0.1) is 0 Å². The van der Waals surface area contributed by atoms with Crippen LogP contribution < -0.4 is 0 Å². The summed E-state index contributed by atoms with van der Waals surface area (Å²) >= 11 is 8.56. The second-order valence-corrected chi connectivity index (χ2v) is 2.39. The highest BCUT2D eigenvalue weighted by atomic mass is 79.9. The van der Waals surface area contributed by atoms with Gasteiger partial charge in [0.15, 0.2) is 0 Å². The van der Waals surface area contributed by atoms with E-state index in [0.29, 0.717) is 5.88 Å². The van der Waals surface area contributed by atoms with E-state index in [1.807, 2.05) is 0 Å². The molecule has 0 fully saturated rings. The highest BCUT2D eigenvalue weighted by Crippen LogP contribution is 2.00. The minimum atomic E-state index is 0.277. The predicted molar refractivity (Wildman–Crippen MR) is 33.6 cm³/mol. The molecule has 0 heterocycles. The van der Waals surface area contributed by atoms with Crippen LogP contribution in [0.3, 0.4) is 0 Å². The second-order valence-electron chi connectivity index (χ2n) is 0.906. The Hall–Kier alpha value is 0.510. The first kappa shape index (κ1) is 6.51. The van der Waals surface area contributed by atoms with E-state index < -0.39 is 0 Å². The molecule has 0 N–H and O–H groups in total. The van der Waals surface area contributed by atoms with Crippen LogP contribution in [0.15, 0.2) is 12.7 Å². The molecule has 0 amide bonds. The van der Waals surface area contributed by atoms with Crippen molar-refractivity contribution in [3.05, 3.63) is 12.7 Å². The molecule has 1 unspecified atom stereocenters. The average molecular weight is 169 g/mol. The molecular weight excluding hydrogens is 163 g/mol. The zero-order valence-corrected chi connectivity index (χ0v) is 5.67. The molecule has 0 bridgehead atoms. The summed E-state index contributed by atoms with van der Waals surface area (Å²) in [5.41, 5.74) is 0. The lowest BCUT2D eigenvalue weighted by molar-refractivity contribution is 1.29. The van der Waals surface area contributed by atoms with Crippen LogP contribution in [-0.2, 0) is 0 Å². The van der Waals surface area contributed by atoms with Crippen molar-refractivity contribution in [1.29, 1.82) is 0 Å². The Morgan fingerprint density at radius 3 is 2.50 bits per heavy atom. The van der Waals surface area contributed by atoms with Gasteiger partial charge in [-0.05, 0) is 0 Å². The quantitative estimate of drug-likeness (QED) is 0.439. The molecule has 0 aromatic carbocycles. The predicted octanol–water partition coefficient (Wildman–Crippen LogP) is 2.17. The molecule has 0 aliphatic carbocycles. The van der Waals surface area contributed by atoms with E-state index in [1.54, 1.807) is 6.08 Å². The van der Waals surface area contributed by atoms with Crippen LogP contribution in [0, 0.1) is 0 Å². The first-order valence-electron chi connectivity index (χ1n) is 1.64. The van der Waals surface area contributed by atoms with Crippen molar-refractivity contribution in [1.82, 2.24) is 0 Å². The fraction of sp³-hybridized carbons (Fsp3) is 0.500. The van der Waals surface area contributed by atoms with Crippen LogP contribution in [0.2, 0.25) is 0 Å². The largest absolute Gasteiger partial charge is 0.125 e. The molecule has 0 saturated carbocycles. The standard InChI is InChI=1S/C4H6BrCl/c1-2-4(5)3-6/h2,4H,1,3H2. The van der Waals surface area contributed by atoms with E-state index in [2.05, 4.69) is 22.5 Å². The molecule has 1 atom stereocenters. The molecule has 0 aliphatic rings. The molecule has 0 radical (unpaired) electrons. The number of alkyl halides is 2. The number of hydrogen-bond donors (Lipinski definition) is 0. The van der Waals surface area contributed by atoms with E-state index in [0.717, 1.165) is 0 Å². The third kappa shape index (κ3) is 2.73. The molecular formula is C4H6BrCl. The molecule has 0 aromatic rings. The SMILES string of the molecule is C=CC(Br)CCl. The maximum absolute atomic E-state index is 5.33. The molecule has 0 saturated heterocycles. The summed E-state index contributed by atoms with van der Waals surface area (Å²) < 4.78 is 0. The monoisotopic (exact) mass is 168 g/mol. The Kier molecular flexibility index (Phi) is 4.01. The van der Waals surface area contributed by atoms with E-state index in [1.165, 1.54) is 0 Å². The first-order chi connectivity index (χ1) is 2.81. The van der Waals surface area contributed by atoms with Crippen molar-refractivity contribution in [3.8, 4) is 0 Å². The van der Waals surface area contributed by atoms with Gasteiger partial charge in [-0.3, -0.25) is 0 Å². The van der Waals surface area contributed by atoms with Crippen molar-refractivity contribution in [2.45, 2.75) is 4.83 Å². The van der Waals surface area contributed by atoms with E-state index in [9.17, 15) is 0 Å². The lowest BCUT2D eigenvalue weighted by Crippen LogP contribution is -1.89. The summed E-state index contributed by atoms with van der Waals surface area (Å²) in [7, 11) is 0. The van der Waals surface area contributed by atoms with Crippen molar-refractivity contribution in [2.24, 2.45) is 0 Å². The van der Waals surface area contributed by atoms with Crippen LogP contribution in [-0.4, -0.2) is 10.7 Å². The lowest BCUT2D eigenvalue weighted by Gasteiger charge is -1.89. The Morgan fingerprint density at radius 1 is 2.00 bits per heavy atom. The zero-order chi connectivity index (χ0) is 4.99. The molecule has 0 aliphatic heterocycles. The lowest BCUT2D eigenvalue weighted by atomic mass is 10.5. The van der Waals surface area contributed by atoms with Gasteiger partial charge in [0.25, 0.3) is 0 Å². The molecule has 6 heavy (non-hydrogen) atoms. The van der Waals surface area contributed by atoms with E-state index >= 15 is 0 Å². The first-order valence-corrected chi connectivity index (χ1v) is 3.09. The Labute approximate surface area is 51.3 Å². The van der Waals surface area contributed by atoms with Gasteiger partial charge >= 0.3 is 0 Å². The van der Waals surface area contributed by atoms with Crippen LogP contribution in [0.5, 0.6) is 0 Å². The van der Waals surface area contributed by atoms with Gasteiger partial charge in [-0.25, -0.2) is 0 Å². The van der Waals surface area contributed by atoms with Crippen LogP contribution in [0.4, 0.5) is 0 Å². The highest BCUT2D eigenvalue weighted by Gasteiger charge is 1.88. The van der Waals surface area contributed by atoms with Crippen LogP contribution in [0.1, 0.15) is 0 Å². The van der Waals surface area contributed by atoms with Gasteiger partial charge in [0.2, 0.25) is 0 Å². The van der Waals surface area contributed by atoms with Gasteiger partial charge in [0, 0.05) is 10.7 Å². The normalized spacial score (nSPS) is 13.7. The number of allylic oxidation sites excluding steroid dienone is 1. The maximum Gasteiger partial charge on any atom is 0.0458 e. The fourth-order valence-electron chi connectivity index (χ4n) is 0.0630. The summed E-state index contributed by atoms with van der Waals surface area (Å²) in [4.78, 5) is 0.277. The summed E-state index contributed by atoms with van der Waals surface area (Å²) in [6.45, 7) is 3.50. The van der Waals surface area contributed by atoms with Crippen LogP contribution >= 0.6 is 27.5 Å². The van der Waals surface area contributed by atoms with Crippen molar-refractivity contribution in [3.63, 3.8) is 0 Å². The molecule has 0 nitrogen and oxygen atoms in total. The number of rotatable bonds is 2. The summed E-state index contributed by atoms with van der Waals surface area (Å²) in [6, 6.07) is 0. The minimum Gasteiger partial charge on any atom is -0.125 e. The molecule has 0 rings (SSSR count). The van der Waals surface area contributed by atoms with E-state index in [-0.39, 0.29) is 4.83 Å². The summed E-state index contributed by atoms with van der Waals surface area (Å²) in [5, 5.41) is 0. The van der Waals surface area contributed by atoms with Crippen molar-refractivity contribution in [2.75, 3.05) is 5.88 Å². The van der Waals surface area contributed by atoms with Gasteiger partial charge in [-0.1, -0.05) is 22.0 Å². The Balaban J connectivity index is 2.96. The molecule has 0 aromatic heterocycles. The Bertz CT molecular complexity index is 44.8. The van der Waals surface area contributed by atoms with Crippen LogP contribution in [0.25, 0.3) is 0 Å². The fourth-order valence-corrected chi connectivity index (χ4v) is 0.189. The number of halogens is 2. The maximum atomic E-state index is 5.33. The average Bonchev–Trinajstić information content (AvgIpc) is 1.65. The summed E-state index contributed by atoms with van der Waals surface area (Å²) in [6.07, 6.45) is 1.76. The van der Waals surface area contributed by atoms with E-state index in [4.69, 9.17) is 11.6 Å². The molecule has 2 heteroatoms.